The fraction of sp³-hybridized carbons (Fsp3) is 0.412. The van der Waals surface area contributed by atoms with E-state index < -0.39 is 5.91 Å². The van der Waals surface area contributed by atoms with Crippen molar-refractivity contribution in [2.45, 2.75) is 38.1 Å². The van der Waals surface area contributed by atoms with Gasteiger partial charge in [-0.25, -0.2) is 0 Å². The summed E-state index contributed by atoms with van der Waals surface area (Å²) >= 11 is 11.9. The maximum atomic E-state index is 12.3. The lowest BCUT2D eigenvalue weighted by molar-refractivity contribution is -0.112. The minimum atomic E-state index is -0.473. The highest BCUT2D eigenvalue weighted by Gasteiger charge is 2.18. The van der Waals surface area contributed by atoms with Gasteiger partial charge in [-0.05, 0) is 31.0 Å². The van der Waals surface area contributed by atoms with E-state index in [2.05, 4.69) is 5.32 Å². The quantitative estimate of drug-likeness (QED) is 0.636. The third kappa shape index (κ3) is 4.89. The van der Waals surface area contributed by atoms with E-state index in [1.165, 1.54) is 19.3 Å². The first kappa shape index (κ1) is 17.7. The molecular weight excluding hydrogens is 333 g/mol. The number of hydrogen-bond donors (Lipinski definition) is 1. The Morgan fingerprint density at radius 3 is 2.65 bits per heavy atom. The number of nitrogens with one attached hydrogen (secondary N) is 1. The molecule has 6 heteroatoms. The van der Waals surface area contributed by atoms with E-state index in [9.17, 15) is 10.1 Å². The van der Waals surface area contributed by atoms with E-state index in [4.69, 9.17) is 23.2 Å². The van der Waals surface area contributed by atoms with Crippen molar-refractivity contribution in [3.05, 3.63) is 40.0 Å². The monoisotopic (exact) mass is 351 g/mol. The number of carbonyl (C=O) groups is 1. The van der Waals surface area contributed by atoms with Crippen molar-refractivity contribution in [2.24, 2.45) is 0 Å². The molecule has 0 heterocycles. The smallest absolute Gasteiger partial charge is 0.267 e. The number of hydrogen-bond acceptors (Lipinski definition) is 3. The first-order valence-corrected chi connectivity index (χ1v) is 8.37. The molecule has 1 N–H and O–H groups in total. The molecule has 0 aromatic heterocycles. The van der Waals surface area contributed by atoms with Crippen molar-refractivity contribution in [1.29, 1.82) is 5.26 Å². The van der Waals surface area contributed by atoms with E-state index in [0.717, 1.165) is 12.8 Å². The van der Waals surface area contributed by atoms with Gasteiger partial charge in [-0.3, -0.25) is 4.79 Å². The Morgan fingerprint density at radius 2 is 2.04 bits per heavy atom. The fourth-order valence-corrected chi connectivity index (χ4v) is 3.17. The third-order valence-electron chi connectivity index (χ3n) is 4.03. The van der Waals surface area contributed by atoms with Crippen LogP contribution < -0.4 is 5.32 Å². The molecule has 4 nitrogen and oxygen atoms in total. The Kier molecular flexibility index (Phi) is 6.32. The number of carbonyl (C=O) groups excluding carboxylic acids is 1. The highest BCUT2D eigenvalue weighted by Crippen LogP contribution is 2.26. The van der Waals surface area contributed by atoms with Crippen molar-refractivity contribution in [1.82, 2.24) is 4.90 Å². The topological polar surface area (TPSA) is 56.1 Å². The average Bonchev–Trinajstić information content (AvgIpc) is 2.55. The molecule has 23 heavy (non-hydrogen) atoms. The predicted octanol–water partition coefficient (Wildman–Crippen LogP) is 4.60. The number of rotatable bonds is 4. The maximum absolute atomic E-state index is 12.3. The van der Waals surface area contributed by atoms with Crippen molar-refractivity contribution in [3.8, 4) is 6.07 Å². The fourth-order valence-electron chi connectivity index (χ4n) is 2.72. The molecule has 0 aliphatic heterocycles. The molecule has 0 unspecified atom stereocenters. The number of benzene rings is 1. The van der Waals surface area contributed by atoms with Gasteiger partial charge in [-0.1, -0.05) is 42.5 Å². The van der Waals surface area contributed by atoms with Crippen molar-refractivity contribution in [2.75, 3.05) is 12.4 Å². The molecular formula is C17H19Cl2N3O. The highest BCUT2D eigenvalue weighted by molar-refractivity contribution is 6.36. The molecule has 1 amide bonds. The molecule has 1 fully saturated rings. The van der Waals surface area contributed by atoms with Gasteiger partial charge in [0.05, 0.1) is 10.7 Å². The van der Waals surface area contributed by atoms with E-state index in [0.29, 0.717) is 21.8 Å². The molecule has 0 spiro atoms. The van der Waals surface area contributed by atoms with Crippen LogP contribution in [0.1, 0.15) is 32.1 Å². The molecule has 1 aromatic carbocycles. The van der Waals surface area contributed by atoms with Crippen LogP contribution in [0.4, 0.5) is 5.69 Å². The largest absolute Gasteiger partial charge is 0.376 e. The second-order valence-corrected chi connectivity index (χ2v) is 6.53. The number of halogens is 2. The molecule has 2 rings (SSSR count). The molecule has 1 aliphatic carbocycles. The van der Waals surface area contributed by atoms with Gasteiger partial charge in [0.15, 0.2) is 0 Å². The number of nitrogens with zero attached hydrogens (tertiary/aromatic N) is 2. The van der Waals surface area contributed by atoms with Crippen LogP contribution in [0.3, 0.4) is 0 Å². The summed E-state index contributed by atoms with van der Waals surface area (Å²) in [4.78, 5) is 14.3. The first-order chi connectivity index (χ1) is 11.0. The minimum absolute atomic E-state index is 0.0593. The predicted molar refractivity (Wildman–Crippen MR) is 93.4 cm³/mol. The van der Waals surface area contributed by atoms with Gasteiger partial charge in [0.25, 0.3) is 5.91 Å². The Hall–Kier alpha value is -1.70. The van der Waals surface area contributed by atoms with Gasteiger partial charge < -0.3 is 10.2 Å². The van der Waals surface area contributed by atoms with Crippen LogP contribution in [0.25, 0.3) is 0 Å². The van der Waals surface area contributed by atoms with Crippen LogP contribution in [0.15, 0.2) is 30.0 Å². The zero-order chi connectivity index (χ0) is 16.8. The van der Waals surface area contributed by atoms with E-state index in [-0.39, 0.29) is 5.57 Å². The molecule has 0 atom stereocenters. The molecule has 0 saturated heterocycles. The summed E-state index contributed by atoms with van der Waals surface area (Å²) < 4.78 is 0. The standard InChI is InChI=1S/C17H19Cl2N3O/c1-22(14-5-3-2-4-6-14)11-12(10-20)17(23)21-16-8-7-13(18)9-15(16)19/h7-9,11,14H,2-6H2,1H3,(H,21,23)/b12-11-. The second kappa shape index (κ2) is 8.24. The molecule has 1 aliphatic rings. The zero-order valence-electron chi connectivity index (χ0n) is 13.0. The number of nitriles is 1. The van der Waals surface area contributed by atoms with Crippen LogP contribution >= 0.6 is 23.2 Å². The summed E-state index contributed by atoms with van der Waals surface area (Å²) in [5, 5.41) is 12.7. The average molecular weight is 352 g/mol. The van der Waals surface area contributed by atoms with Crippen LogP contribution in [0, 0.1) is 11.3 Å². The SMILES string of the molecule is CN(/C=C(/C#N)C(=O)Nc1ccc(Cl)cc1Cl)C1CCCCC1. The summed E-state index contributed by atoms with van der Waals surface area (Å²) in [6.07, 6.45) is 7.45. The van der Waals surface area contributed by atoms with Crippen LogP contribution in [0.5, 0.6) is 0 Å². The van der Waals surface area contributed by atoms with Gasteiger partial charge in [0, 0.05) is 24.3 Å². The molecule has 1 aromatic rings. The molecule has 0 bridgehead atoms. The maximum Gasteiger partial charge on any atom is 0.267 e. The lowest BCUT2D eigenvalue weighted by Gasteiger charge is -2.30. The van der Waals surface area contributed by atoms with Gasteiger partial charge in [-0.15, -0.1) is 0 Å². The van der Waals surface area contributed by atoms with E-state index in [1.54, 1.807) is 24.4 Å². The third-order valence-corrected chi connectivity index (χ3v) is 4.58. The highest BCUT2D eigenvalue weighted by atomic mass is 35.5. The zero-order valence-corrected chi connectivity index (χ0v) is 14.5. The summed E-state index contributed by atoms with van der Waals surface area (Å²) in [7, 11) is 1.91. The summed E-state index contributed by atoms with van der Waals surface area (Å²) in [5.74, 6) is -0.473. The summed E-state index contributed by atoms with van der Waals surface area (Å²) in [6.45, 7) is 0. The van der Waals surface area contributed by atoms with Crippen molar-refractivity contribution >= 4 is 34.8 Å². The number of amides is 1. The minimum Gasteiger partial charge on any atom is -0.376 e. The first-order valence-electron chi connectivity index (χ1n) is 7.61. The Morgan fingerprint density at radius 1 is 1.35 bits per heavy atom. The molecule has 1 saturated carbocycles. The van der Waals surface area contributed by atoms with Crippen molar-refractivity contribution < 1.29 is 4.79 Å². The Labute approximate surface area is 146 Å². The second-order valence-electron chi connectivity index (χ2n) is 5.69. The summed E-state index contributed by atoms with van der Waals surface area (Å²) in [5.41, 5.74) is 0.492. The summed E-state index contributed by atoms with van der Waals surface area (Å²) in [6, 6.07) is 7.14. The van der Waals surface area contributed by atoms with Gasteiger partial charge in [0.1, 0.15) is 11.6 Å². The molecule has 122 valence electrons. The van der Waals surface area contributed by atoms with Gasteiger partial charge >= 0.3 is 0 Å². The van der Waals surface area contributed by atoms with Crippen LogP contribution in [-0.4, -0.2) is 23.9 Å². The Balaban J connectivity index is 2.08. The Bertz CT molecular complexity index is 646. The normalized spacial score (nSPS) is 15.8. The van der Waals surface area contributed by atoms with E-state index in [1.807, 2.05) is 18.0 Å². The van der Waals surface area contributed by atoms with Gasteiger partial charge in [-0.2, -0.15) is 5.26 Å². The number of anilines is 1. The van der Waals surface area contributed by atoms with E-state index >= 15 is 0 Å². The van der Waals surface area contributed by atoms with Crippen LogP contribution in [0.2, 0.25) is 10.0 Å². The van der Waals surface area contributed by atoms with Gasteiger partial charge in [0.2, 0.25) is 0 Å². The molecule has 0 radical (unpaired) electrons. The van der Waals surface area contributed by atoms with Crippen molar-refractivity contribution in [3.63, 3.8) is 0 Å². The lowest BCUT2D eigenvalue weighted by Crippen LogP contribution is -2.30. The lowest BCUT2D eigenvalue weighted by atomic mass is 9.94. The van der Waals surface area contributed by atoms with Crippen LogP contribution in [-0.2, 0) is 4.79 Å².